The Bertz CT molecular complexity index is 852. The number of anilines is 1. The Morgan fingerprint density at radius 1 is 1.29 bits per heavy atom. The normalized spacial score (nSPS) is 12.1. The molecule has 0 saturated heterocycles. The van der Waals surface area contributed by atoms with Crippen molar-refractivity contribution in [2.24, 2.45) is 0 Å². The van der Waals surface area contributed by atoms with Crippen molar-refractivity contribution >= 4 is 46.6 Å². The summed E-state index contributed by atoms with van der Waals surface area (Å²) in [5, 5.41) is 11.2. The monoisotopic (exact) mass is 383 g/mol. The van der Waals surface area contributed by atoms with Crippen LogP contribution in [0.5, 0.6) is 0 Å². The number of thioether (sulfide) groups is 1. The number of furan rings is 1. The summed E-state index contributed by atoms with van der Waals surface area (Å²) in [6.45, 7) is 1.72. The van der Waals surface area contributed by atoms with Gasteiger partial charge in [-0.3, -0.25) is 4.79 Å². The minimum absolute atomic E-state index is 0.257. The van der Waals surface area contributed by atoms with E-state index in [1.807, 2.05) is 0 Å². The second-order valence-electron chi connectivity index (χ2n) is 4.72. The molecule has 0 aliphatic rings. The molecular formula is C15H11Cl2N3O3S. The van der Waals surface area contributed by atoms with Gasteiger partial charge in [-0.05, 0) is 37.3 Å². The van der Waals surface area contributed by atoms with E-state index in [2.05, 4.69) is 15.5 Å². The lowest BCUT2D eigenvalue weighted by molar-refractivity contribution is -0.115. The van der Waals surface area contributed by atoms with Gasteiger partial charge in [0.1, 0.15) is 0 Å². The third-order valence-electron chi connectivity index (χ3n) is 2.97. The Morgan fingerprint density at radius 2 is 2.12 bits per heavy atom. The fourth-order valence-electron chi connectivity index (χ4n) is 1.79. The zero-order valence-corrected chi connectivity index (χ0v) is 14.7. The Kier molecular flexibility index (Phi) is 5.13. The van der Waals surface area contributed by atoms with Crippen molar-refractivity contribution in [1.82, 2.24) is 10.2 Å². The van der Waals surface area contributed by atoms with Crippen molar-refractivity contribution in [1.29, 1.82) is 0 Å². The van der Waals surface area contributed by atoms with E-state index < -0.39 is 5.25 Å². The van der Waals surface area contributed by atoms with Gasteiger partial charge >= 0.3 is 0 Å². The maximum Gasteiger partial charge on any atom is 0.284 e. The molecule has 3 aromatic rings. The molecule has 124 valence electrons. The molecule has 3 rings (SSSR count). The fourth-order valence-corrected chi connectivity index (χ4v) is 2.81. The van der Waals surface area contributed by atoms with Crippen LogP contribution in [-0.4, -0.2) is 21.4 Å². The van der Waals surface area contributed by atoms with Gasteiger partial charge in [-0.2, -0.15) is 0 Å². The van der Waals surface area contributed by atoms with Crippen LogP contribution in [0, 0.1) is 0 Å². The summed E-state index contributed by atoms with van der Waals surface area (Å²) >= 11 is 13.1. The SMILES string of the molecule is C[C@H](Sc1nnc(-c2ccco2)o1)C(=O)Nc1cc(Cl)ccc1Cl. The van der Waals surface area contributed by atoms with Crippen LogP contribution in [0.3, 0.4) is 0 Å². The van der Waals surface area contributed by atoms with Gasteiger partial charge in [-0.25, -0.2) is 0 Å². The topological polar surface area (TPSA) is 81.2 Å². The molecule has 2 heterocycles. The number of nitrogens with zero attached hydrogens (tertiary/aromatic N) is 2. The highest BCUT2D eigenvalue weighted by Gasteiger charge is 2.20. The van der Waals surface area contributed by atoms with E-state index in [1.165, 1.54) is 6.26 Å². The predicted molar refractivity (Wildman–Crippen MR) is 92.4 cm³/mol. The first-order valence-electron chi connectivity index (χ1n) is 6.83. The van der Waals surface area contributed by atoms with Crippen LogP contribution in [0.1, 0.15) is 6.92 Å². The summed E-state index contributed by atoms with van der Waals surface area (Å²) in [5.41, 5.74) is 0.448. The van der Waals surface area contributed by atoms with Crippen molar-refractivity contribution in [2.75, 3.05) is 5.32 Å². The maximum absolute atomic E-state index is 12.3. The van der Waals surface area contributed by atoms with Crippen LogP contribution in [0.15, 0.2) is 50.7 Å². The molecule has 0 radical (unpaired) electrons. The number of nitrogens with one attached hydrogen (secondary N) is 1. The molecule has 1 atom stereocenters. The van der Waals surface area contributed by atoms with E-state index in [0.717, 1.165) is 11.8 Å². The molecule has 24 heavy (non-hydrogen) atoms. The Balaban J connectivity index is 1.65. The lowest BCUT2D eigenvalue weighted by Crippen LogP contribution is -2.22. The predicted octanol–water partition coefficient (Wildman–Crippen LogP) is 4.76. The van der Waals surface area contributed by atoms with Crippen LogP contribution >= 0.6 is 35.0 Å². The smallest absolute Gasteiger partial charge is 0.284 e. The number of rotatable bonds is 5. The van der Waals surface area contributed by atoms with Gasteiger partial charge in [-0.15, -0.1) is 10.2 Å². The molecule has 0 unspecified atom stereocenters. The van der Waals surface area contributed by atoms with E-state index >= 15 is 0 Å². The van der Waals surface area contributed by atoms with E-state index in [9.17, 15) is 4.79 Å². The van der Waals surface area contributed by atoms with E-state index in [1.54, 1.807) is 37.3 Å². The minimum atomic E-state index is -0.482. The largest absolute Gasteiger partial charge is 0.459 e. The molecule has 0 spiro atoms. The molecule has 2 aromatic heterocycles. The standard InChI is InChI=1S/C15H11Cl2N3O3S/c1-8(13(21)18-11-7-9(16)4-5-10(11)17)24-15-20-19-14(23-15)12-3-2-6-22-12/h2-8H,1H3,(H,18,21)/t8-/m0/s1. The van der Waals surface area contributed by atoms with Crippen LogP contribution in [0.25, 0.3) is 11.7 Å². The van der Waals surface area contributed by atoms with Gasteiger partial charge in [0.25, 0.3) is 11.1 Å². The molecule has 9 heteroatoms. The van der Waals surface area contributed by atoms with Crippen LogP contribution in [0.4, 0.5) is 5.69 Å². The Hall–Kier alpha value is -1.96. The molecule has 1 aromatic carbocycles. The van der Waals surface area contributed by atoms with Crippen LogP contribution in [0.2, 0.25) is 10.0 Å². The molecular weight excluding hydrogens is 373 g/mol. The third-order valence-corrected chi connectivity index (χ3v) is 4.47. The van der Waals surface area contributed by atoms with Crippen LogP contribution in [-0.2, 0) is 4.79 Å². The quantitative estimate of drug-likeness (QED) is 0.639. The highest BCUT2D eigenvalue weighted by Crippen LogP contribution is 2.29. The van der Waals surface area contributed by atoms with Gasteiger partial charge in [-0.1, -0.05) is 35.0 Å². The van der Waals surface area contributed by atoms with Gasteiger partial charge in [0.15, 0.2) is 5.76 Å². The molecule has 0 bridgehead atoms. The van der Waals surface area contributed by atoms with Crippen molar-refractivity contribution in [3.05, 3.63) is 46.6 Å². The average Bonchev–Trinajstić information content (AvgIpc) is 3.21. The second kappa shape index (κ2) is 7.29. The lowest BCUT2D eigenvalue weighted by atomic mass is 10.3. The molecule has 0 fully saturated rings. The molecule has 6 nitrogen and oxygen atoms in total. The third kappa shape index (κ3) is 3.92. The lowest BCUT2D eigenvalue weighted by Gasteiger charge is -2.11. The van der Waals surface area contributed by atoms with Gasteiger partial charge in [0, 0.05) is 5.02 Å². The molecule has 0 saturated carbocycles. The highest BCUT2D eigenvalue weighted by molar-refractivity contribution is 8.00. The van der Waals surface area contributed by atoms with E-state index in [4.69, 9.17) is 32.0 Å². The average molecular weight is 384 g/mol. The first kappa shape index (κ1) is 16.9. The van der Waals surface area contributed by atoms with Gasteiger partial charge in [0.2, 0.25) is 5.91 Å². The van der Waals surface area contributed by atoms with Crippen molar-refractivity contribution < 1.29 is 13.6 Å². The molecule has 1 amide bonds. The summed E-state index contributed by atoms with van der Waals surface area (Å²) in [5.74, 6) is 0.465. The van der Waals surface area contributed by atoms with Crippen molar-refractivity contribution in [3.8, 4) is 11.7 Å². The van der Waals surface area contributed by atoms with E-state index in [0.29, 0.717) is 21.5 Å². The number of hydrogen-bond acceptors (Lipinski definition) is 6. The van der Waals surface area contributed by atoms with E-state index in [-0.39, 0.29) is 17.0 Å². The summed E-state index contributed by atoms with van der Waals surface area (Å²) in [7, 11) is 0. The fraction of sp³-hybridized carbons (Fsp3) is 0.133. The first-order valence-corrected chi connectivity index (χ1v) is 8.46. The Morgan fingerprint density at radius 3 is 2.88 bits per heavy atom. The number of aromatic nitrogens is 2. The zero-order chi connectivity index (χ0) is 17.1. The highest BCUT2D eigenvalue weighted by atomic mass is 35.5. The van der Waals surface area contributed by atoms with Gasteiger partial charge < -0.3 is 14.2 Å². The summed E-state index contributed by atoms with van der Waals surface area (Å²) in [6, 6.07) is 8.27. The van der Waals surface area contributed by atoms with Crippen molar-refractivity contribution in [3.63, 3.8) is 0 Å². The van der Waals surface area contributed by atoms with Crippen molar-refractivity contribution in [2.45, 2.75) is 17.4 Å². The maximum atomic E-state index is 12.3. The number of carbonyl (C=O) groups excluding carboxylic acids is 1. The number of amides is 1. The first-order chi connectivity index (χ1) is 11.5. The number of halogens is 2. The molecule has 0 aliphatic heterocycles. The number of hydrogen-bond donors (Lipinski definition) is 1. The number of benzene rings is 1. The summed E-state index contributed by atoms with van der Waals surface area (Å²) in [4.78, 5) is 12.3. The van der Waals surface area contributed by atoms with Crippen LogP contribution < -0.4 is 5.32 Å². The Labute approximate surface area is 151 Å². The van der Waals surface area contributed by atoms with Gasteiger partial charge in [0.05, 0.1) is 22.2 Å². The molecule has 1 N–H and O–H groups in total. The minimum Gasteiger partial charge on any atom is -0.459 e. The summed E-state index contributed by atoms with van der Waals surface area (Å²) < 4.78 is 10.6. The summed E-state index contributed by atoms with van der Waals surface area (Å²) in [6.07, 6.45) is 1.51. The number of carbonyl (C=O) groups is 1. The molecule has 0 aliphatic carbocycles. The zero-order valence-electron chi connectivity index (χ0n) is 12.3. The second-order valence-corrected chi connectivity index (χ2v) is 6.86.